The molecule has 0 spiro atoms. The highest BCUT2D eigenvalue weighted by Gasteiger charge is 2.15. The molecule has 0 aliphatic heterocycles. The Labute approximate surface area is 196 Å². The van der Waals surface area contributed by atoms with Gasteiger partial charge in [-0.2, -0.15) is 0 Å². The number of hydrogen-bond acceptors (Lipinski definition) is 8. The van der Waals surface area contributed by atoms with Crippen molar-refractivity contribution in [2.45, 2.75) is 34.5 Å². The predicted molar refractivity (Wildman–Crippen MR) is 126 cm³/mol. The first-order valence-corrected chi connectivity index (χ1v) is 12.7. The number of hydrogen-bond donors (Lipinski definition) is 0. The lowest BCUT2D eigenvalue weighted by Gasteiger charge is -2.05. The minimum atomic E-state index is -0.285. The summed E-state index contributed by atoms with van der Waals surface area (Å²) in [4.78, 5) is 9.18. The Morgan fingerprint density at radius 1 is 1.00 bits per heavy atom. The monoisotopic (exact) mass is 483 g/mol. The number of thioether (sulfide) groups is 2. The van der Waals surface area contributed by atoms with Crippen molar-refractivity contribution >= 4 is 45.1 Å². The summed E-state index contributed by atoms with van der Waals surface area (Å²) < 4.78 is 23.0. The summed E-state index contributed by atoms with van der Waals surface area (Å²) >= 11 is 4.94. The molecule has 5 rings (SSSR count). The molecule has 162 valence electrons. The second-order valence-corrected chi connectivity index (χ2v) is 10.0. The van der Waals surface area contributed by atoms with Gasteiger partial charge in [-0.3, -0.25) is 0 Å². The van der Waals surface area contributed by atoms with Crippen molar-refractivity contribution in [1.82, 2.24) is 24.7 Å². The molecular weight excluding hydrogens is 465 g/mol. The van der Waals surface area contributed by atoms with E-state index < -0.39 is 0 Å². The molecule has 3 heterocycles. The maximum Gasteiger partial charge on any atom is 0.226 e. The quantitative estimate of drug-likeness (QED) is 0.240. The summed E-state index contributed by atoms with van der Waals surface area (Å²) in [5.74, 6) is 2.43. The number of rotatable bonds is 8. The highest BCUT2D eigenvalue weighted by atomic mass is 32.2. The summed E-state index contributed by atoms with van der Waals surface area (Å²) in [6.07, 6.45) is 1.63. The van der Waals surface area contributed by atoms with Gasteiger partial charge in [-0.05, 0) is 43.3 Å². The van der Waals surface area contributed by atoms with Crippen molar-refractivity contribution in [3.63, 3.8) is 0 Å². The number of oxazole rings is 1. The lowest BCUT2D eigenvalue weighted by Crippen LogP contribution is -2.02. The van der Waals surface area contributed by atoms with Gasteiger partial charge in [0.1, 0.15) is 17.9 Å². The lowest BCUT2D eigenvalue weighted by atomic mass is 10.2. The fourth-order valence-corrected chi connectivity index (χ4v) is 6.03. The Morgan fingerprint density at radius 2 is 1.84 bits per heavy atom. The van der Waals surface area contributed by atoms with Gasteiger partial charge in [-0.15, -0.1) is 21.5 Å². The molecule has 5 aromatic rings. The largest absolute Gasteiger partial charge is 0.444 e. The van der Waals surface area contributed by atoms with Crippen LogP contribution in [0.25, 0.3) is 21.7 Å². The molecule has 32 heavy (non-hydrogen) atoms. The van der Waals surface area contributed by atoms with Gasteiger partial charge >= 0.3 is 0 Å². The van der Waals surface area contributed by atoms with E-state index in [1.807, 2.05) is 18.2 Å². The number of aromatic nitrogens is 5. The van der Waals surface area contributed by atoms with E-state index in [0.717, 1.165) is 38.6 Å². The fourth-order valence-electron chi connectivity index (χ4n) is 3.13. The Balaban J connectivity index is 1.23. The van der Waals surface area contributed by atoms with Crippen LogP contribution in [0.4, 0.5) is 4.39 Å². The summed E-state index contributed by atoms with van der Waals surface area (Å²) in [6.45, 7) is 2.87. The van der Waals surface area contributed by atoms with E-state index in [1.54, 1.807) is 53.3 Å². The van der Waals surface area contributed by atoms with Crippen LogP contribution in [0.1, 0.15) is 18.4 Å². The van der Waals surface area contributed by atoms with Crippen LogP contribution < -0.4 is 0 Å². The van der Waals surface area contributed by atoms with Crippen molar-refractivity contribution < 1.29 is 8.81 Å². The standard InChI is InChI=1S/C22H18FN5OS3/c1-2-28-19(13-31-22-25-17-5-3-4-6-18(17)32-22)26-27-21(28)30-12-16-11-29-20(24-16)14-7-9-15(23)10-8-14/h3-11H,2,12-13H2,1H3. The number of para-hydroxylation sites is 1. The highest BCUT2D eigenvalue weighted by Crippen LogP contribution is 2.32. The maximum atomic E-state index is 13.1. The number of thiazole rings is 1. The van der Waals surface area contributed by atoms with Crippen molar-refractivity contribution in [2.24, 2.45) is 0 Å². The lowest BCUT2D eigenvalue weighted by molar-refractivity contribution is 0.572. The first kappa shape index (κ1) is 21.2. The molecule has 0 saturated carbocycles. The van der Waals surface area contributed by atoms with Crippen LogP contribution in [0.3, 0.4) is 0 Å². The zero-order valence-electron chi connectivity index (χ0n) is 17.1. The van der Waals surface area contributed by atoms with Gasteiger partial charge in [0.15, 0.2) is 9.50 Å². The van der Waals surface area contributed by atoms with Crippen LogP contribution in [0.15, 0.2) is 68.7 Å². The van der Waals surface area contributed by atoms with Crippen LogP contribution in [-0.2, 0) is 18.1 Å². The van der Waals surface area contributed by atoms with Gasteiger partial charge in [-0.25, -0.2) is 14.4 Å². The van der Waals surface area contributed by atoms with Gasteiger partial charge in [0.05, 0.1) is 21.7 Å². The zero-order chi connectivity index (χ0) is 21.9. The third kappa shape index (κ3) is 4.57. The third-order valence-electron chi connectivity index (χ3n) is 4.70. The second-order valence-electron chi connectivity index (χ2n) is 6.82. The molecule has 0 radical (unpaired) electrons. The summed E-state index contributed by atoms with van der Waals surface area (Å²) in [6, 6.07) is 14.3. The molecule has 0 aliphatic carbocycles. The summed E-state index contributed by atoms with van der Waals surface area (Å²) in [5, 5.41) is 9.62. The predicted octanol–water partition coefficient (Wildman–Crippen LogP) is 6.29. The van der Waals surface area contributed by atoms with Crippen LogP contribution in [-0.4, -0.2) is 24.7 Å². The van der Waals surface area contributed by atoms with E-state index in [2.05, 4.69) is 37.7 Å². The van der Waals surface area contributed by atoms with E-state index in [9.17, 15) is 4.39 Å². The average molecular weight is 484 g/mol. The van der Waals surface area contributed by atoms with Gasteiger partial charge in [0, 0.05) is 17.9 Å². The molecule has 0 aliphatic rings. The Kier molecular flexibility index (Phi) is 6.24. The normalized spacial score (nSPS) is 11.4. The molecule has 0 bridgehead atoms. The molecule has 10 heteroatoms. The maximum absolute atomic E-state index is 13.1. The van der Waals surface area contributed by atoms with Crippen LogP contribution >= 0.6 is 34.9 Å². The molecule has 0 N–H and O–H groups in total. The molecule has 6 nitrogen and oxygen atoms in total. The molecule has 0 unspecified atom stereocenters. The van der Waals surface area contributed by atoms with Crippen molar-refractivity contribution in [3.8, 4) is 11.5 Å². The van der Waals surface area contributed by atoms with Crippen molar-refractivity contribution in [2.75, 3.05) is 0 Å². The van der Waals surface area contributed by atoms with Gasteiger partial charge in [0.25, 0.3) is 0 Å². The van der Waals surface area contributed by atoms with Gasteiger partial charge in [-0.1, -0.05) is 35.7 Å². The van der Waals surface area contributed by atoms with Gasteiger partial charge < -0.3 is 8.98 Å². The Hall–Kier alpha value is -2.69. The first-order valence-electron chi connectivity index (χ1n) is 9.93. The molecule has 3 aromatic heterocycles. The minimum Gasteiger partial charge on any atom is -0.444 e. The van der Waals surface area contributed by atoms with Crippen LogP contribution in [0.2, 0.25) is 0 Å². The van der Waals surface area contributed by atoms with Crippen molar-refractivity contribution in [1.29, 1.82) is 0 Å². The fraction of sp³-hybridized carbons (Fsp3) is 0.182. The Bertz CT molecular complexity index is 1310. The van der Waals surface area contributed by atoms with Crippen LogP contribution in [0.5, 0.6) is 0 Å². The number of halogens is 1. The van der Waals surface area contributed by atoms with E-state index in [1.165, 1.54) is 16.8 Å². The molecule has 0 amide bonds. The Morgan fingerprint density at radius 3 is 2.66 bits per heavy atom. The van der Waals surface area contributed by atoms with Gasteiger partial charge in [0.2, 0.25) is 5.89 Å². The molecule has 0 fully saturated rings. The smallest absolute Gasteiger partial charge is 0.226 e. The number of benzene rings is 2. The molecule has 0 saturated heterocycles. The second kappa shape index (κ2) is 9.43. The van der Waals surface area contributed by atoms with E-state index in [4.69, 9.17) is 4.42 Å². The molecule has 2 aromatic carbocycles. The number of nitrogens with zero attached hydrogens (tertiary/aromatic N) is 5. The number of fused-ring (bicyclic) bond motifs is 1. The first-order chi connectivity index (χ1) is 15.7. The van der Waals surface area contributed by atoms with E-state index in [-0.39, 0.29) is 5.82 Å². The van der Waals surface area contributed by atoms with E-state index >= 15 is 0 Å². The van der Waals surface area contributed by atoms with Crippen LogP contribution in [0, 0.1) is 5.82 Å². The average Bonchev–Trinajstić information content (AvgIpc) is 3.54. The third-order valence-corrected chi connectivity index (χ3v) is 7.88. The molecular formula is C22H18FN5OS3. The van der Waals surface area contributed by atoms with E-state index in [0.29, 0.717) is 17.4 Å². The minimum absolute atomic E-state index is 0.285. The summed E-state index contributed by atoms with van der Waals surface area (Å²) in [7, 11) is 0. The highest BCUT2D eigenvalue weighted by molar-refractivity contribution is 8.00. The zero-order valence-corrected chi connectivity index (χ0v) is 19.5. The molecule has 0 atom stereocenters. The summed E-state index contributed by atoms with van der Waals surface area (Å²) in [5.41, 5.74) is 2.57. The SMILES string of the molecule is CCn1c(CSc2nc3ccccc3s2)nnc1SCc1coc(-c2ccc(F)cc2)n1. The topological polar surface area (TPSA) is 69.6 Å². The van der Waals surface area contributed by atoms with Crippen molar-refractivity contribution in [3.05, 3.63) is 72.1 Å².